The van der Waals surface area contributed by atoms with Crippen LogP contribution in [0.1, 0.15) is 35.6 Å². The Morgan fingerprint density at radius 3 is 2.58 bits per heavy atom. The van der Waals surface area contributed by atoms with Gasteiger partial charge in [-0.2, -0.15) is 13.2 Å². The number of aliphatic hydroxyl groups is 2. The van der Waals surface area contributed by atoms with Crippen LogP contribution in [-0.4, -0.2) is 70.0 Å². The largest absolute Gasteiger partial charge is 0.504 e. The lowest BCUT2D eigenvalue weighted by Crippen LogP contribution is -2.74. The number of benzene rings is 2. The summed E-state index contributed by atoms with van der Waals surface area (Å²) in [6, 6.07) is 12.0. The summed E-state index contributed by atoms with van der Waals surface area (Å²) in [5.74, 6) is -0.140. The SMILES string of the molecule is CN1CC[C@]23c4c5ccc(O)c4O[C@H]2C(OC(=O)[C@H](O)c2ccccc2)=CC[C@@]3(O)[C@H]1C5.O=CC(F)(F)F. The Bertz CT molecular complexity index is 1300. The van der Waals surface area contributed by atoms with Crippen LogP contribution in [0, 0.1) is 0 Å². The first kappa shape index (κ1) is 26.2. The Hall–Kier alpha value is -3.41. The highest BCUT2D eigenvalue weighted by molar-refractivity contribution is 5.77. The van der Waals surface area contributed by atoms with Crippen LogP contribution >= 0.6 is 0 Å². The number of carbonyl (C=O) groups is 2. The van der Waals surface area contributed by atoms with E-state index in [9.17, 15) is 33.3 Å². The summed E-state index contributed by atoms with van der Waals surface area (Å²) in [7, 11) is 2.02. The van der Waals surface area contributed by atoms with Crippen LogP contribution in [-0.2, 0) is 26.2 Å². The molecule has 38 heavy (non-hydrogen) atoms. The molecule has 2 bridgehead atoms. The summed E-state index contributed by atoms with van der Waals surface area (Å²) in [5, 5.41) is 33.1. The first-order chi connectivity index (χ1) is 17.9. The number of alkyl halides is 3. The van der Waals surface area contributed by atoms with Crippen molar-refractivity contribution < 1.29 is 47.6 Å². The van der Waals surface area contributed by atoms with Gasteiger partial charge in [-0.25, -0.2) is 4.79 Å². The molecule has 0 aromatic heterocycles. The molecule has 5 atom stereocenters. The molecule has 202 valence electrons. The lowest BCUT2D eigenvalue weighted by molar-refractivity contribution is -0.172. The summed E-state index contributed by atoms with van der Waals surface area (Å²) in [6.07, 6.45) is -4.64. The number of phenolic OH excluding ortho intramolecular Hbond substituents is 1. The Balaban J connectivity index is 0.000000443. The summed E-state index contributed by atoms with van der Waals surface area (Å²) in [6.45, 7) is 0.745. The minimum Gasteiger partial charge on any atom is -0.504 e. The molecule has 8 nitrogen and oxygen atoms in total. The number of aldehydes is 1. The second-order valence-electron chi connectivity index (χ2n) is 10.00. The Morgan fingerprint density at radius 2 is 1.92 bits per heavy atom. The Kier molecular flexibility index (Phi) is 6.28. The van der Waals surface area contributed by atoms with Crippen molar-refractivity contribution in [1.82, 2.24) is 4.90 Å². The molecule has 1 saturated heterocycles. The van der Waals surface area contributed by atoms with Crippen molar-refractivity contribution in [3.63, 3.8) is 0 Å². The van der Waals surface area contributed by atoms with Crippen LogP contribution in [0.25, 0.3) is 0 Å². The third-order valence-corrected chi connectivity index (χ3v) is 8.04. The van der Waals surface area contributed by atoms with Gasteiger partial charge in [-0.05, 0) is 49.7 Å². The lowest BCUT2D eigenvalue weighted by atomic mass is 9.50. The van der Waals surface area contributed by atoms with Crippen LogP contribution in [0.15, 0.2) is 54.3 Å². The number of hydrogen-bond donors (Lipinski definition) is 3. The average molecular weight is 533 g/mol. The number of phenols is 1. The van der Waals surface area contributed by atoms with Crippen molar-refractivity contribution in [3.8, 4) is 11.5 Å². The van der Waals surface area contributed by atoms with Gasteiger partial charge in [-0.1, -0.05) is 36.4 Å². The van der Waals surface area contributed by atoms with E-state index in [2.05, 4.69) is 4.90 Å². The molecular formula is C27H26F3NO7. The number of halogens is 3. The smallest absolute Gasteiger partial charge is 0.446 e. The number of carbonyl (C=O) groups excluding carboxylic acids is 2. The zero-order chi connectivity index (χ0) is 27.5. The maximum atomic E-state index is 12.8. The second-order valence-corrected chi connectivity index (χ2v) is 10.00. The van der Waals surface area contributed by atoms with E-state index in [0.29, 0.717) is 30.6 Å². The molecule has 4 aliphatic rings. The third kappa shape index (κ3) is 3.88. The Morgan fingerprint density at radius 1 is 1.24 bits per heavy atom. The van der Waals surface area contributed by atoms with E-state index in [1.165, 1.54) is 0 Å². The molecule has 2 aliphatic carbocycles. The molecule has 0 saturated carbocycles. The second kappa shape index (κ2) is 9.11. The number of likely N-dealkylation sites (tertiary alicyclic amines) is 1. The molecule has 0 amide bonds. The van der Waals surface area contributed by atoms with Gasteiger partial charge >= 0.3 is 12.1 Å². The number of hydrogen-bond acceptors (Lipinski definition) is 8. The highest BCUT2D eigenvalue weighted by Gasteiger charge is 2.72. The van der Waals surface area contributed by atoms with E-state index in [1.807, 2.05) is 13.1 Å². The van der Waals surface area contributed by atoms with E-state index >= 15 is 0 Å². The highest BCUT2D eigenvalue weighted by Crippen LogP contribution is 2.65. The van der Waals surface area contributed by atoms with Gasteiger partial charge in [0.05, 0.1) is 11.0 Å². The standard InChI is InChI=1S/C25H25NO6.C2HF3O/c1-26-12-11-24-19-15-7-8-16(27)21(19)32-22(24)17(9-10-25(24,30)18(26)13-15)31-23(29)20(28)14-5-3-2-4-6-14;3-2(4,5)1-6/h2-9,18,20,22,27-28,30H,10-13H2,1H3;1H/t18-,20-,22+,24+,25-;/m1./s1. The molecule has 2 aromatic carbocycles. The molecule has 0 unspecified atom stereocenters. The normalized spacial score (nSPS) is 29.6. The number of nitrogens with zero attached hydrogens (tertiary/aromatic N) is 1. The van der Waals surface area contributed by atoms with Crippen molar-refractivity contribution in [2.45, 2.75) is 54.7 Å². The van der Waals surface area contributed by atoms with Crippen molar-refractivity contribution in [2.24, 2.45) is 0 Å². The number of piperidine rings is 1. The van der Waals surface area contributed by atoms with Crippen molar-refractivity contribution >= 4 is 12.3 Å². The van der Waals surface area contributed by atoms with Crippen molar-refractivity contribution in [1.29, 1.82) is 0 Å². The van der Waals surface area contributed by atoms with Gasteiger partial charge in [0.1, 0.15) is 5.76 Å². The molecule has 3 N–H and O–H groups in total. The number of likely N-dealkylation sites (N-methyl/N-ethyl adjacent to an activating group) is 1. The summed E-state index contributed by atoms with van der Waals surface area (Å²) in [4.78, 5) is 23.7. The average Bonchev–Trinajstić information content (AvgIpc) is 3.25. The van der Waals surface area contributed by atoms with Crippen LogP contribution in [0.4, 0.5) is 13.2 Å². The first-order valence-electron chi connectivity index (χ1n) is 12.1. The molecule has 1 fully saturated rings. The van der Waals surface area contributed by atoms with Gasteiger partial charge in [-0.3, -0.25) is 4.79 Å². The molecule has 0 radical (unpaired) electrons. The van der Waals surface area contributed by atoms with Crippen molar-refractivity contribution in [2.75, 3.05) is 13.6 Å². The fraction of sp³-hybridized carbons (Fsp3) is 0.407. The number of aromatic hydroxyl groups is 1. The molecule has 11 heteroatoms. The topological polar surface area (TPSA) is 117 Å². The molecular weight excluding hydrogens is 507 g/mol. The number of esters is 1. The zero-order valence-corrected chi connectivity index (χ0v) is 20.3. The highest BCUT2D eigenvalue weighted by atomic mass is 19.4. The first-order valence-corrected chi connectivity index (χ1v) is 12.1. The van der Waals surface area contributed by atoms with Crippen molar-refractivity contribution in [3.05, 3.63) is 71.0 Å². The number of aliphatic hydroxyl groups excluding tert-OH is 1. The van der Waals surface area contributed by atoms with Gasteiger partial charge in [0.2, 0.25) is 6.29 Å². The predicted molar refractivity (Wildman–Crippen MR) is 126 cm³/mol. The third-order valence-electron chi connectivity index (χ3n) is 8.04. The molecule has 2 aliphatic heterocycles. The number of ether oxygens (including phenoxy) is 2. The predicted octanol–water partition coefficient (Wildman–Crippen LogP) is 2.69. The minimum atomic E-state index is -4.64. The molecule has 2 heterocycles. The molecule has 6 rings (SSSR count). The maximum absolute atomic E-state index is 12.8. The summed E-state index contributed by atoms with van der Waals surface area (Å²) in [5.41, 5.74) is 0.368. The quantitative estimate of drug-likeness (QED) is 0.408. The Labute approximate surface area is 215 Å². The monoisotopic (exact) mass is 533 g/mol. The zero-order valence-electron chi connectivity index (χ0n) is 20.3. The molecule has 1 spiro atoms. The van der Waals surface area contributed by atoms with Gasteiger partial charge < -0.3 is 29.7 Å². The maximum Gasteiger partial charge on any atom is 0.446 e. The summed E-state index contributed by atoms with van der Waals surface area (Å²) < 4.78 is 43.2. The van der Waals surface area contributed by atoms with Gasteiger partial charge in [0.15, 0.2) is 23.7 Å². The van der Waals surface area contributed by atoms with Gasteiger partial charge in [0.25, 0.3) is 0 Å². The minimum absolute atomic E-state index is 0.0160. The van der Waals surface area contributed by atoms with Crippen LogP contribution < -0.4 is 4.74 Å². The van der Waals surface area contributed by atoms with Gasteiger partial charge in [0, 0.05) is 18.0 Å². The lowest BCUT2D eigenvalue weighted by Gasteiger charge is -2.61. The van der Waals surface area contributed by atoms with E-state index in [4.69, 9.17) is 14.3 Å². The van der Waals surface area contributed by atoms with Crippen LogP contribution in [0.3, 0.4) is 0 Å². The van der Waals surface area contributed by atoms with E-state index in [1.54, 1.807) is 42.5 Å². The van der Waals surface area contributed by atoms with E-state index < -0.39 is 41.7 Å². The fourth-order valence-electron chi connectivity index (χ4n) is 6.38. The van der Waals surface area contributed by atoms with Gasteiger partial charge in [-0.15, -0.1) is 0 Å². The summed E-state index contributed by atoms with van der Waals surface area (Å²) >= 11 is 0. The van der Waals surface area contributed by atoms with Crippen LogP contribution in [0.5, 0.6) is 11.5 Å². The van der Waals surface area contributed by atoms with E-state index in [0.717, 1.165) is 17.7 Å². The fourth-order valence-corrected chi connectivity index (χ4v) is 6.38. The van der Waals surface area contributed by atoms with Crippen LogP contribution in [0.2, 0.25) is 0 Å². The number of rotatable bonds is 3. The van der Waals surface area contributed by atoms with E-state index in [-0.39, 0.29) is 17.6 Å². The molecule has 2 aromatic rings.